The third-order valence-corrected chi connectivity index (χ3v) is 5.13. The molecule has 0 spiro atoms. The summed E-state index contributed by atoms with van der Waals surface area (Å²) in [6.45, 7) is 6.29. The van der Waals surface area contributed by atoms with Crippen molar-refractivity contribution in [3.63, 3.8) is 0 Å². The van der Waals surface area contributed by atoms with Gasteiger partial charge in [-0.25, -0.2) is 9.97 Å². The van der Waals surface area contributed by atoms with Crippen molar-refractivity contribution in [2.45, 2.75) is 17.1 Å². The zero-order valence-electron chi connectivity index (χ0n) is 14.9. The number of aliphatic imine (C=N–C) groups is 1. The van der Waals surface area contributed by atoms with E-state index in [0.29, 0.717) is 17.8 Å². The Hall–Kier alpha value is -1.55. The van der Waals surface area contributed by atoms with Crippen LogP contribution >= 0.6 is 35.7 Å². The molecule has 26 heavy (non-hydrogen) atoms. The Morgan fingerprint density at radius 1 is 1.12 bits per heavy atom. The number of nitrogens with zero attached hydrogens (tertiary/aromatic N) is 5. The summed E-state index contributed by atoms with van der Waals surface area (Å²) in [6, 6.07) is 12.2. The van der Waals surface area contributed by atoms with Crippen LogP contribution in [0.4, 0.5) is 5.95 Å². The van der Waals surface area contributed by atoms with E-state index in [0.717, 1.165) is 32.1 Å². The molecule has 8 heteroatoms. The van der Waals surface area contributed by atoms with Crippen LogP contribution in [0.1, 0.15) is 6.92 Å². The fourth-order valence-corrected chi connectivity index (χ4v) is 3.61. The van der Waals surface area contributed by atoms with Crippen LogP contribution in [-0.2, 0) is 0 Å². The molecule has 1 aromatic carbocycles. The third-order valence-electron chi connectivity index (χ3n) is 4.03. The van der Waals surface area contributed by atoms with Crippen LogP contribution in [0.2, 0.25) is 0 Å². The lowest BCUT2D eigenvalue weighted by atomic mass is 10.3. The number of benzene rings is 1. The fourth-order valence-electron chi connectivity index (χ4n) is 2.68. The predicted octanol–water partition coefficient (Wildman–Crippen LogP) is 2.71. The predicted molar refractivity (Wildman–Crippen MR) is 119 cm³/mol. The second-order valence-electron chi connectivity index (χ2n) is 5.96. The summed E-state index contributed by atoms with van der Waals surface area (Å²) in [6.07, 6.45) is 3.55. The lowest BCUT2D eigenvalue weighted by molar-refractivity contribution is 0.378. The molecule has 3 rings (SSSR count). The van der Waals surface area contributed by atoms with Crippen LogP contribution in [0.15, 0.2) is 58.7 Å². The Morgan fingerprint density at radius 3 is 2.42 bits per heavy atom. The van der Waals surface area contributed by atoms with E-state index >= 15 is 0 Å². The largest absolute Gasteiger partial charge is 0.370 e. The number of anilines is 1. The monoisotopic (exact) mass is 484 g/mol. The summed E-state index contributed by atoms with van der Waals surface area (Å²) < 4.78 is 0. The summed E-state index contributed by atoms with van der Waals surface area (Å²) in [4.78, 5) is 18.8. The first kappa shape index (κ1) is 20.8. The summed E-state index contributed by atoms with van der Waals surface area (Å²) >= 11 is 1.82. The molecule has 0 amide bonds. The summed E-state index contributed by atoms with van der Waals surface area (Å²) in [5.41, 5.74) is 6.19. The quantitative estimate of drug-likeness (QED) is 0.305. The minimum absolute atomic E-state index is 0. The number of guanidine groups is 1. The fraction of sp³-hybridized carbons (Fsp3) is 0.389. The molecule has 1 aliphatic heterocycles. The molecule has 0 radical (unpaired) electrons. The third kappa shape index (κ3) is 6.01. The van der Waals surface area contributed by atoms with E-state index in [9.17, 15) is 0 Å². The molecule has 2 N–H and O–H groups in total. The van der Waals surface area contributed by atoms with E-state index in [4.69, 9.17) is 5.73 Å². The van der Waals surface area contributed by atoms with Gasteiger partial charge in [0.15, 0.2) is 5.96 Å². The van der Waals surface area contributed by atoms with Crippen molar-refractivity contribution >= 4 is 47.6 Å². The molecular weight excluding hydrogens is 459 g/mol. The van der Waals surface area contributed by atoms with Gasteiger partial charge in [-0.1, -0.05) is 25.1 Å². The topological polar surface area (TPSA) is 70.6 Å². The second kappa shape index (κ2) is 10.6. The molecule has 140 valence electrons. The summed E-state index contributed by atoms with van der Waals surface area (Å²) in [5.74, 6) is 1.42. The van der Waals surface area contributed by atoms with Gasteiger partial charge < -0.3 is 15.5 Å². The highest BCUT2D eigenvalue weighted by molar-refractivity contribution is 14.0. The highest BCUT2D eigenvalue weighted by Crippen LogP contribution is 2.22. The van der Waals surface area contributed by atoms with Crippen LogP contribution in [0, 0.1) is 0 Å². The van der Waals surface area contributed by atoms with Gasteiger partial charge in [0.25, 0.3) is 0 Å². The first-order chi connectivity index (χ1) is 12.2. The lowest BCUT2D eigenvalue weighted by Gasteiger charge is -2.35. The molecule has 0 bridgehead atoms. The first-order valence-electron chi connectivity index (χ1n) is 8.51. The normalized spacial score (nSPS) is 16.1. The summed E-state index contributed by atoms with van der Waals surface area (Å²) in [5, 5.41) is 0.389. The first-order valence-corrected chi connectivity index (χ1v) is 9.39. The van der Waals surface area contributed by atoms with Gasteiger partial charge in [-0.15, -0.1) is 35.7 Å². The van der Waals surface area contributed by atoms with E-state index < -0.39 is 0 Å². The summed E-state index contributed by atoms with van der Waals surface area (Å²) in [7, 11) is 0. The van der Waals surface area contributed by atoms with Gasteiger partial charge >= 0.3 is 0 Å². The van der Waals surface area contributed by atoms with Gasteiger partial charge in [-0.3, -0.25) is 4.99 Å². The molecule has 1 fully saturated rings. The van der Waals surface area contributed by atoms with E-state index in [-0.39, 0.29) is 24.0 Å². The Bertz CT molecular complexity index is 677. The zero-order valence-corrected chi connectivity index (χ0v) is 18.0. The van der Waals surface area contributed by atoms with Gasteiger partial charge in [0.2, 0.25) is 5.95 Å². The number of hydrogen-bond donors (Lipinski definition) is 1. The number of aromatic nitrogens is 2. The molecule has 2 aromatic rings. The molecule has 0 saturated carbocycles. The van der Waals surface area contributed by atoms with Gasteiger partial charge in [-0.05, 0) is 18.2 Å². The SMILES string of the molecule is CC(CN=C(N)N1CCN(c2ncccn2)CC1)Sc1ccccc1.I. The molecule has 1 atom stereocenters. The molecule has 1 saturated heterocycles. The Kier molecular flexibility index (Phi) is 8.43. The van der Waals surface area contributed by atoms with E-state index in [1.807, 2.05) is 23.9 Å². The highest BCUT2D eigenvalue weighted by Gasteiger charge is 2.20. The zero-order chi connectivity index (χ0) is 17.5. The van der Waals surface area contributed by atoms with Crippen LogP contribution in [0.25, 0.3) is 0 Å². The number of thioether (sulfide) groups is 1. The standard InChI is InChI=1S/C18H24N6S.HI/c1-15(25-16-6-3-2-4-7-16)14-22-17(19)23-10-12-24(13-11-23)18-20-8-5-9-21-18;/h2-9,15H,10-14H2,1H3,(H2,19,22);1H. The maximum Gasteiger partial charge on any atom is 0.225 e. The van der Waals surface area contributed by atoms with Crippen LogP contribution < -0.4 is 10.6 Å². The molecular formula is C18H25IN6S. The number of nitrogens with two attached hydrogens (primary N) is 1. The average molecular weight is 484 g/mol. The van der Waals surface area contributed by atoms with Crippen molar-refractivity contribution in [1.29, 1.82) is 0 Å². The van der Waals surface area contributed by atoms with E-state index in [1.165, 1.54) is 4.90 Å². The smallest absolute Gasteiger partial charge is 0.225 e. The molecule has 6 nitrogen and oxygen atoms in total. The molecule has 1 unspecified atom stereocenters. The van der Waals surface area contributed by atoms with Crippen molar-refractivity contribution in [3.8, 4) is 0 Å². The molecule has 2 heterocycles. The maximum absolute atomic E-state index is 6.19. The minimum atomic E-state index is 0. The number of halogens is 1. The van der Waals surface area contributed by atoms with Crippen LogP contribution in [0.5, 0.6) is 0 Å². The van der Waals surface area contributed by atoms with Crippen LogP contribution in [0.3, 0.4) is 0 Å². The second-order valence-corrected chi connectivity index (χ2v) is 7.48. The van der Waals surface area contributed by atoms with Gasteiger partial charge in [0.05, 0.1) is 6.54 Å². The molecule has 0 aliphatic carbocycles. The number of piperazine rings is 1. The molecule has 1 aromatic heterocycles. The van der Waals surface area contributed by atoms with Crippen molar-refractivity contribution in [2.75, 3.05) is 37.6 Å². The Balaban J connectivity index is 0.00000243. The van der Waals surface area contributed by atoms with Crippen molar-refractivity contribution < 1.29 is 0 Å². The van der Waals surface area contributed by atoms with E-state index in [1.54, 1.807) is 12.4 Å². The van der Waals surface area contributed by atoms with Crippen molar-refractivity contribution in [3.05, 3.63) is 48.8 Å². The van der Waals surface area contributed by atoms with Gasteiger partial charge in [0.1, 0.15) is 0 Å². The average Bonchev–Trinajstić information content (AvgIpc) is 2.68. The minimum Gasteiger partial charge on any atom is -0.370 e. The maximum atomic E-state index is 6.19. The highest BCUT2D eigenvalue weighted by atomic mass is 127. The Labute approximate surface area is 176 Å². The number of rotatable bonds is 5. The van der Waals surface area contributed by atoms with Crippen LogP contribution in [-0.4, -0.2) is 58.8 Å². The van der Waals surface area contributed by atoms with Gasteiger partial charge in [-0.2, -0.15) is 0 Å². The van der Waals surface area contributed by atoms with Gasteiger partial charge in [0, 0.05) is 48.7 Å². The van der Waals surface area contributed by atoms with Crippen molar-refractivity contribution in [1.82, 2.24) is 14.9 Å². The number of hydrogen-bond acceptors (Lipinski definition) is 5. The Morgan fingerprint density at radius 2 is 1.77 bits per heavy atom. The van der Waals surface area contributed by atoms with Crippen molar-refractivity contribution in [2.24, 2.45) is 10.7 Å². The molecule has 1 aliphatic rings. The van der Waals surface area contributed by atoms with E-state index in [2.05, 4.69) is 55.9 Å². The lowest BCUT2D eigenvalue weighted by Crippen LogP contribution is -2.51.